The van der Waals surface area contributed by atoms with Crippen LogP contribution in [0.1, 0.15) is 28.2 Å². The third kappa shape index (κ3) is 3.74. The molecule has 0 bridgehead atoms. The van der Waals surface area contributed by atoms with Gasteiger partial charge in [0.25, 0.3) is 0 Å². The summed E-state index contributed by atoms with van der Waals surface area (Å²) in [6, 6.07) is 27.9. The summed E-state index contributed by atoms with van der Waals surface area (Å²) in [6.07, 6.45) is 4.47. The van der Waals surface area contributed by atoms with Crippen LogP contribution in [0.2, 0.25) is 0 Å². The van der Waals surface area contributed by atoms with Crippen LogP contribution in [-0.2, 0) is 26.2 Å². The zero-order valence-corrected chi connectivity index (χ0v) is 19.0. The molecule has 1 heterocycles. The summed E-state index contributed by atoms with van der Waals surface area (Å²) in [5.74, 6) is 1.87. The maximum Gasteiger partial charge on any atom is 0.130 e. The van der Waals surface area contributed by atoms with Gasteiger partial charge >= 0.3 is 0 Å². The van der Waals surface area contributed by atoms with Crippen molar-refractivity contribution in [1.82, 2.24) is 0 Å². The summed E-state index contributed by atoms with van der Waals surface area (Å²) in [4.78, 5) is 0. The van der Waals surface area contributed by atoms with Crippen LogP contribution < -0.4 is 0 Å². The topological polar surface area (TPSA) is 13.1 Å². The van der Waals surface area contributed by atoms with Crippen molar-refractivity contribution in [1.29, 1.82) is 0 Å². The van der Waals surface area contributed by atoms with E-state index in [1.165, 1.54) is 38.9 Å². The van der Waals surface area contributed by atoms with Crippen molar-refractivity contribution in [3.05, 3.63) is 113 Å². The molecular formula is C27H21OZr. The minimum absolute atomic E-state index is 0. The number of allylic oxidation sites excluding steroid dienone is 1. The Hall–Kier alpha value is -2.44. The van der Waals surface area contributed by atoms with Crippen LogP contribution in [0.3, 0.4) is 0 Å². The minimum Gasteiger partial charge on any atom is -0.462 e. The van der Waals surface area contributed by atoms with Gasteiger partial charge in [-0.05, 0) is 71.0 Å². The van der Waals surface area contributed by atoms with Crippen LogP contribution in [-0.4, -0.2) is 0 Å². The number of hydrogen-bond donors (Lipinski definition) is 0. The van der Waals surface area contributed by atoms with E-state index in [-0.39, 0.29) is 26.2 Å². The zero-order valence-electron chi connectivity index (χ0n) is 16.6. The Labute approximate surface area is 191 Å². The first-order valence-corrected chi connectivity index (χ1v) is 9.62. The maximum absolute atomic E-state index is 5.84. The predicted molar refractivity (Wildman–Crippen MR) is 117 cm³/mol. The van der Waals surface area contributed by atoms with Gasteiger partial charge in [0.15, 0.2) is 0 Å². The molecule has 0 aliphatic heterocycles. The van der Waals surface area contributed by atoms with Crippen molar-refractivity contribution in [2.45, 2.75) is 13.8 Å². The van der Waals surface area contributed by atoms with Gasteiger partial charge in [-0.15, -0.1) is 0 Å². The number of aryl methyl sites for hydroxylation is 2. The molecule has 0 spiro atoms. The Morgan fingerprint density at radius 1 is 0.655 bits per heavy atom. The normalized spacial score (nSPS) is 12.3. The molecule has 1 radical (unpaired) electrons. The largest absolute Gasteiger partial charge is 0.462 e. The second-order valence-electron chi connectivity index (χ2n) is 7.36. The van der Waals surface area contributed by atoms with Crippen LogP contribution in [0.5, 0.6) is 0 Å². The molecule has 1 aliphatic rings. The molecule has 0 unspecified atom stereocenters. The first-order valence-electron chi connectivity index (χ1n) is 9.62. The molecule has 4 aromatic rings. The fourth-order valence-electron chi connectivity index (χ4n) is 3.97. The van der Waals surface area contributed by atoms with Crippen LogP contribution in [0.4, 0.5) is 0 Å². The van der Waals surface area contributed by atoms with E-state index in [9.17, 15) is 0 Å². The van der Waals surface area contributed by atoms with E-state index < -0.39 is 0 Å². The van der Waals surface area contributed by atoms with Gasteiger partial charge in [0.05, 0.1) is 0 Å². The summed E-state index contributed by atoms with van der Waals surface area (Å²) in [5, 5.41) is 0. The van der Waals surface area contributed by atoms with Crippen molar-refractivity contribution < 1.29 is 30.6 Å². The van der Waals surface area contributed by atoms with E-state index in [0.717, 1.165) is 17.1 Å². The van der Waals surface area contributed by atoms with E-state index in [1.54, 1.807) is 0 Å². The first kappa shape index (κ1) is 19.9. The molecule has 139 valence electrons. The predicted octanol–water partition coefficient (Wildman–Crippen LogP) is 7.33. The second kappa shape index (κ2) is 8.13. The smallest absolute Gasteiger partial charge is 0.130 e. The molecule has 1 nitrogen and oxygen atoms in total. The molecule has 2 heteroatoms. The van der Waals surface area contributed by atoms with Gasteiger partial charge in [-0.25, -0.2) is 0 Å². The fourth-order valence-corrected chi connectivity index (χ4v) is 3.97. The van der Waals surface area contributed by atoms with Gasteiger partial charge in [0, 0.05) is 38.2 Å². The van der Waals surface area contributed by atoms with Gasteiger partial charge in [-0.1, -0.05) is 66.7 Å². The molecule has 1 aromatic heterocycles. The van der Waals surface area contributed by atoms with Gasteiger partial charge in [0.2, 0.25) is 0 Å². The van der Waals surface area contributed by atoms with Crippen molar-refractivity contribution in [3.8, 4) is 22.3 Å². The van der Waals surface area contributed by atoms with Crippen molar-refractivity contribution in [2.24, 2.45) is 0 Å². The molecule has 0 saturated heterocycles. The molecule has 0 fully saturated rings. The monoisotopic (exact) mass is 451 g/mol. The average Bonchev–Trinajstić information content (AvgIpc) is 3.35. The van der Waals surface area contributed by atoms with Crippen molar-refractivity contribution in [3.63, 3.8) is 0 Å². The summed E-state index contributed by atoms with van der Waals surface area (Å²) in [7, 11) is 0. The Kier molecular flexibility index (Phi) is 5.57. The van der Waals surface area contributed by atoms with Crippen molar-refractivity contribution in [2.75, 3.05) is 0 Å². The van der Waals surface area contributed by atoms with E-state index in [2.05, 4.69) is 86.2 Å². The van der Waals surface area contributed by atoms with Crippen LogP contribution >= 0.6 is 0 Å². The average molecular weight is 453 g/mol. The number of rotatable bonds is 3. The number of hydrogen-bond acceptors (Lipinski definition) is 1. The first-order chi connectivity index (χ1) is 13.7. The van der Waals surface area contributed by atoms with Gasteiger partial charge in [-0.2, -0.15) is 0 Å². The summed E-state index contributed by atoms with van der Waals surface area (Å²) in [5.41, 5.74) is 9.97. The molecule has 3 aromatic carbocycles. The van der Waals surface area contributed by atoms with E-state index >= 15 is 0 Å². The third-order valence-electron chi connectivity index (χ3n) is 5.40. The minimum atomic E-state index is 0. The molecule has 1 aliphatic carbocycles. The molecule has 0 atom stereocenters. The van der Waals surface area contributed by atoms with Crippen molar-refractivity contribution >= 4 is 11.6 Å². The Morgan fingerprint density at radius 3 is 2.03 bits per heavy atom. The molecule has 0 N–H and O–H groups in total. The molecule has 0 amide bonds. The maximum atomic E-state index is 5.84. The van der Waals surface area contributed by atoms with E-state index in [4.69, 9.17) is 4.42 Å². The SMILES string of the molecule is Cc1ccc(C2=Cc3c(ccc(C)c3-c3ccc(-c4ccccc4)cc3)[CH]2)o1.[Zr]. The Bertz CT molecular complexity index is 1180. The number of furan rings is 1. The second-order valence-corrected chi connectivity index (χ2v) is 7.36. The Morgan fingerprint density at radius 2 is 1.34 bits per heavy atom. The fraction of sp³-hybridized carbons (Fsp3) is 0.0741. The summed E-state index contributed by atoms with van der Waals surface area (Å²) >= 11 is 0. The van der Waals surface area contributed by atoms with E-state index in [1.807, 2.05) is 19.1 Å². The third-order valence-corrected chi connectivity index (χ3v) is 5.40. The number of benzene rings is 3. The quantitative estimate of drug-likeness (QED) is 0.317. The van der Waals surface area contributed by atoms with Crippen LogP contribution in [0.25, 0.3) is 33.9 Å². The van der Waals surface area contributed by atoms with Crippen LogP contribution in [0, 0.1) is 20.3 Å². The van der Waals surface area contributed by atoms with Gasteiger partial charge in [0.1, 0.15) is 11.5 Å². The van der Waals surface area contributed by atoms with Gasteiger partial charge in [-0.3, -0.25) is 0 Å². The molecule has 29 heavy (non-hydrogen) atoms. The Balaban J connectivity index is 0.00000205. The van der Waals surface area contributed by atoms with Crippen LogP contribution in [0.15, 0.2) is 83.3 Å². The molecule has 0 saturated carbocycles. The van der Waals surface area contributed by atoms with Gasteiger partial charge < -0.3 is 4.42 Å². The summed E-state index contributed by atoms with van der Waals surface area (Å²) < 4.78 is 5.84. The molecule has 5 rings (SSSR count). The zero-order chi connectivity index (χ0) is 19.1. The number of fused-ring (bicyclic) bond motifs is 1. The molecular weight excluding hydrogens is 432 g/mol. The van der Waals surface area contributed by atoms with E-state index in [0.29, 0.717) is 0 Å². The standard InChI is InChI=1S/C27H21O.Zr/c1-18-8-10-23-16-24(26-15-9-19(2)28-26)17-25(23)27(18)22-13-11-21(12-14-22)20-6-4-3-5-7-20;/h3-17H,1-2H3;. The summed E-state index contributed by atoms with van der Waals surface area (Å²) in [6.45, 7) is 4.17.